The number of thioether (sulfide) groups is 2. The highest BCUT2D eigenvalue weighted by molar-refractivity contribution is 8.00. The second-order valence-electron chi connectivity index (χ2n) is 21.9. The Kier molecular flexibility index (Phi) is 9.87. The maximum absolute atomic E-state index is 10.4. The average Bonchev–Trinajstić information content (AvgIpc) is 3.83. The molecule has 0 N–H and O–H groups in total. The third-order valence-electron chi connectivity index (χ3n) is 19.1. The van der Waals surface area contributed by atoms with Crippen molar-refractivity contribution in [3.05, 3.63) is 83.4 Å². The van der Waals surface area contributed by atoms with Gasteiger partial charge in [-0.1, -0.05) is 99.9 Å². The smallest absolute Gasteiger partial charge is 0.0992 e. The van der Waals surface area contributed by atoms with Crippen LogP contribution in [0.4, 0.5) is 0 Å². The van der Waals surface area contributed by atoms with E-state index in [1.807, 2.05) is 0 Å². The highest BCUT2D eigenvalue weighted by atomic mass is 32.2. The number of hydrogen-bond acceptors (Lipinski definition) is 5. The molecular weight excluding hydrogens is 767 g/mol. The van der Waals surface area contributed by atoms with Gasteiger partial charge >= 0.3 is 0 Å². The van der Waals surface area contributed by atoms with Crippen molar-refractivity contribution in [2.24, 2.45) is 23.7 Å². The fourth-order valence-electron chi connectivity index (χ4n) is 17.0. The molecule has 4 aliphatic heterocycles. The lowest BCUT2D eigenvalue weighted by molar-refractivity contribution is 0.0604. The fourth-order valence-corrected chi connectivity index (χ4v) is 21.1. The van der Waals surface area contributed by atoms with Gasteiger partial charge in [0.1, 0.15) is 0 Å². The number of rotatable bonds is 4. The topological polar surface area (TPSA) is 30.3 Å². The molecule has 4 saturated heterocycles. The molecule has 3 nitrogen and oxygen atoms in total. The summed E-state index contributed by atoms with van der Waals surface area (Å²) < 4.78 is 0. The van der Waals surface area contributed by atoms with Gasteiger partial charge in [-0.3, -0.25) is 9.80 Å². The maximum atomic E-state index is 10.4. The lowest BCUT2D eigenvalue weighted by Gasteiger charge is -2.54. The van der Waals surface area contributed by atoms with E-state index in [4.69, 9.17) is 0 Å². The SMILES string of the molecule is N#Cc1cc(-c2cccc(C3CC4SC5CCCCC5N5C6CCCCC6C(C3)C45)c2)cc(-c2cccc(C3CC4SC5CCCCC5N5C6CCCCC6C(C3)C45)c2)c1. The Bertz CT molecular complexity index is 2000. The van der Waals surface area contributed by atoms with Gasteiger partial charge in [-0.15, -0.1) is 0 Å². The molecule has 60 heavy (non-hydrogen) atoms. The second kappa shape index (κ2) is 15.5. The Labute approximate surface area is 369 Å². The summed E-state index contributed by atoms with van der Waals surface area (Å²) in [6.45, 7) is 0. The molecule has 0 bridgehead atoms. The average molecular weight is 834 g/mol. The molecular formula is C55H67N3S2. The minimum Gasteiger partial charge on any atom is -0.292 e. The van der Waals surface area contributed by atoms with Gasteiger partial charge in [0, 0.05) is 57.3 Å². The quantitative estimate of drug-likeness (QED) is 0.261. The molecule has 0 aromatic heterocycles. The molecule has 10 fully saturated rings. The van der Waals surface area contributed by atoms with Crippen molar-refractivity contribution in [1.82, 2.24) is 9.80 Å². The van der Waals surface area contributed by atoms with Gasteiger partial charge in [0.15, 0.2) is 0 Å². The van der Waals surface area contributed by atoms with Crippen LogP contribution in [0.3, 0.4) is 0 Å². The highest BCUT2D eigenvalue weighted by Gasteiger charge is 2.61. The molecule has 6 aliphatic carbocycles. The van der Waals surface area contributed by atoms with Crippen LogP contribution in [-0.4, -0.2) is 67.1 Å². The van der Waals surface area contributed by atoms with Gasteiger partial charge in [0.2, 0.25) is 0 Å². The van der Waals surface area contributed by atoms with Gasteiger partial charge in [-0.25, -0.2) is 0 Å². The first-order valence-electron chi connectivity index (χ1n) is 25.3. The molecule has 5 heteroatoms. The largest absolute Gasteiger partial charge is 0.292 e. The zero-order chi connectivity index (χ0) is 39.5. The number of nitrogens with zero attached hydrogens (tertiary/aromatic N) is 3. The van der Waals surface area contributed by atoms with Crippen LogP contribution in [0, 0.1) is 35.0 Å². The molecule has 314 valence electrons. The van der Waals surface area contributed by atoms with Crippen LogP contribution in [0.25, 0.3) is 22.3 Å². The summed E-state index contributed by atoms with van der Waals surface area (Å²) in [4.78, 5) is 6.41. The predicted molar refractivity (Wildman–Crippen MR) is 251 cm³/mol. The summed E-state index contributed by atoms with van der Waals surface area (Å²) >= 11 is 4.89. The third-order valence-corrected chi connectivity index (χ3v) is 22.6. The van der Waals surface area contributed by atoms with E-state index in [0.717, 1.165) is 86.5 Å². The Morgan fingerprint density at radius 3 is 1.37 bits per heavy atom. The van der Waals surface area contributed by atoms with E-state index in [1.54, 1.807) is 11.1 Å². The van der Waals surface area contributed by atoms with Crippen LogP contribution in [0.15, 0.2) is 66.7 Å². The summed E-state index contributed by atoms with van der Waals surface area (Å²) in [5, 5.41) is 13.7. The molecule has 16 unspecified atom stereocenters. The lowest BCUT2D eigenvalue weighted by Crippen LogP contribution is -2.59. The number of nitriles is 1. The van der Waals surface area contributed by atoms with E-state index < -0.39 is 0 Å². The summed E-state index contributed by atoms with van der Waals surface area (Å²) in [6, 6.07) is 33.7. The molecule has 4 heterocycles. The third kappa shape index (κ3) is 6.24. The molecule has 6 saturated carbocycles. The van der Waals surface area contributed by atoms with Crippen LogP contribution in [0.5, 0.6) is 0 Å². The van der Waals surface area contributed by atoms with E-state index in [9.17, 15) is 5.26 Å². The minimum atomic E-state index is 0.638. The standard InChI is InChI=1S/C55H67N3S2/c56-32-33-23-38(34-11-9-13-36(25-34)40-28-44-42-15-1-3-17-46(42)57-48-19-5-7-21-50(48)59-52(30-40)54(44)57)27-39(24-33)35-12-10-14-37(26-35)41-29-45-43-16-2-4-18-47(43)58-49-20-6-8-22-51(49)60-53(31-41)55(45)58/h9-14,23-27,40-55H,1-8,15-22,28-31H2. The van der Waals surface area contributed by atoms with Crippen LogP contribution >= 0.6 is 23.5 Å². The van der Waals surface area contributed by atoms with E-state index in [-0.39, 0.29) is 0 Å². The van der Waals surface area contributed by atoms with Crippen LogP contribution in [0.2, 0.25) is 0 Å². The van der Waals surface area contributed by atoms with Gasteiger partial charge in [-0.05, 0) is 164 Å². The fraction of sp³-hybridized carbons (Fsp3) is 0.655. The van der Waals surface area contributed by atoms with E-state index >= 15 is 0 Å². The monoisotopic (exact) mass is 833 g/mol. The Morgan fingerprint density at radius 1 is 0.433 bits per heavy atom. The molecule has 0 spiro atoms. The van der Waals surface area contributed by atoms with Crippen molar-refractivity contribution in [1.29, 1.82) is 5.26 Å². The van der Waals surface area contributed by atoms with Crippen LogP contribution < -0.4 is 0 Å². The summed E-state index contributed by atoms with van der Waals surface area (Å²) in [5.41, 5.74) is 8.87. The van der Waals surface area contributed by atoms with Crippen molar-refractivity contribution < 1.29 is 0 Å². The van der Waals surface area contributed by atoms with Crippen molar-refractivity contribution in [2.45, 2.75) is 198 Å². The molecule has 3 aromatic rings. The van der Waals surface area contributed by atoms with Crippen LogP contribution in [-0.2, 0) is 0 Å². The Balaban J connectivity index is 0.787. The van der Waals surface area contributed by atoms with Gasteiger partial charge in [-0.2, -0.15) is 28.8 Å². The van der Waals surface area contributed by atoms with Crippen molar-refractivity contribution in [3.8, 4) is 28.3 Å². The van der Waals surface area contributed by atoms with Crippen molar-refractivity contribution in [2.75, 3.05) is 0 Å². The van der Waals surface area contributed by atoms with E-state index in [0.29, 0.717) is 11.8 Å². The Hall–Kier alpha value is -2.23. The molecule has 10 aliphatic rings. The number of hydrogen-bond donors (Lipinski definition) is 0. The first-order valence-corrected chi connectivity index (χ1v) is 27.2. The zero-order valence-corrected chi connectivity index (χ0v) is 37.5. The summed E-state index contributed by atoms with van der Waals surface area (Å²) in [6.07, 6.45) is 28.7. The molecule has 3 aromatic carbocycles. The summed E-state index contributed by atoms with van der Waals surface area (Å²) in [5.74, 6) is 4.85. The van der Waals surface area contributed by atoms with Gasteiger partial charge in [0.25, 0.3) is 0 Å². The number of fused-ring (bicyclic) bond motifs is 10. The van der Waals surface area contributed by atoms with E-state index in [1.165, 1.54) is 151 Å². The van der Waals surface area contributed by atoms with E-state index in [2.05, 4.69) is 106 Å². The summed E-state index contributed by atoms with van der Waals surface area (Å²) in [7, 11) is 0. The zero-order valence-electron chi connectivity index (χ0n) is 35.9. The molecule has 0 radical (unpaired) electrons. The molecule has 0 amide bonds. The maximum Gasteiger partial charge on any atom is 0.0992 e. The van der Waals surface area contributed by atoms with Crippen molar-refractivity contribution >= 4 is 23.5 Å². The highest BCUT2D eigenvalue weighted by Crippen LogP contribution is 2.62. The lowest BCUT2D eigenvalue weighted by atomic mass is 9.68. The first-order chi connectivity index (χ1) is 29.7. The molecule has 13 rings (SSSR count). The number of benzene rings is 3. The minimum absolute atomic E-state index is 0.638. The van der Waals surface area contributed by atoms with Crippen LogP contribution in [0.1, 0.15) is 157 Å². The first kappa shape index (κ1) is 38.2. The second-order valence-corrected chi connectivity index (χ2v) is 24.8. The molecule has 16 atom stereocenters. The predicted octanol–water partition coefficient (Wildman–Crippen LogP) is 13.2. The van der Waals surface area contributed by atoms with Gasteiger partial charge < -0.3 is 0 Å². The normalized spacial score (nSPS) is 43.0. The Morgan fingerprint density at radius 2 is 0.883 bits per heavy atom. The van der Waals surface area contributed by atoms with Gasteiger partial charge in [0.05, 0.1) is 11.6 Å². The van der Waals surface area contributed by atoms with Crippen molar-refractivity contribution in [3.63, 3.8) is 0 Å².